The van der Waals surface area contributed by atoms with Crippen molar-refractivity contribution in [1.29, 1.82) is 0 Å². The van der Waals surface area contributed by atoms with Crippen molar-refractivity contribution in [2.24, 2.45) is 22.7 Å². The maximum atomic E-state index is 14.6. The van der Waals surface area contributed by atoms with Crippen LogP contribution in [-0.4, -0.2) is 39.6 Å². The van der Waals surface area contributed by atoms with Crippen LogP contribution in [0.1, 0.15) is 97.9 Å². The Bertz CT molecular complexity index is 1170. The predicted molar refractivity (Wildman–Crippen MR) is 178 cm³/mol. The number of rotatable bonds is 14. The molecule has 2 saturated carbocycles. The van der Waals surface area contributed by atoms with E-state index >= 15 is 0 Å². The molecule has 0 spiro atoms. The molecule has 0 aliphatic heterocycles. The number of benzene rings is 2. The third-order valence-corrected chi connectivity index (χ3v) is 15.9. The van der Waals surface area contributed by atoms with Crippen LogP contribution in [0.25, 0.3) is 0 Å². The van der Waals surface area contributed by atoms with Gasteiger partial charge in [-0.05, 0) is 80.6 Å². The lowest BCUT2D eigenvalue weighted by molar-refractivity contribution is -0.165. The van der Waals surface area contributed by atoms with Crippen LogP contribution >= 0.6 is 0 Å². The molecular formula is C37H57NO4Si. The minimum absolute atomic E-state index is 0.00417. The summed E-state index contributed by atoms with van der Waals surface area (Å²) in [7, 11) is -0.270. The SMILES string of the molecule is CC[Si](CC)(CC)O[C@@H](c1ccccc1)[C@@H](C(=O)OC(C)(C)C)[C@H](NC[C@]12CC[C@H](C[C@H]1OC)C2(C)C)c1ccccc1. The van der Waals surface area contributed by atoms with Gasteiger partial charge in [-0.2, -0.15) is 0 Å². The van der Waals surface area contributed by atoms with E-state index in [1.54, 1.807) is 0 Å². The van der Waals surface area contributed by atoms with Crippen molar-refractivity contribution in [3.05, 3.63) is 71.8 Å². The fraction of sp³-hybridized carbons (Fsp3) is 0.649. The van der Waals surface area contributed by atoms with E-state index in [1.807, 2.05) is 40.0 Å². The first-order valence-corrected chi connectivity index (χ1v) is 19.2. The molecule has 2 aromatic rings. The summed E-state index contributed by atoms with van der Waals surface area (Å²) in [5.41, 5.74) is 1.63. The number of carbonyl (C=O) groups excluding carboxylic acids is 1. The first kappa shape index (κ1) is 33.9. The summed E-state index contributed by atoms with van der Waals surface area (Å²) in [4.78, 5) is 14.6. The molecule has 0 unspecified atom stereocenters. The minimum atomic E-state index is -2.14. The number of esters is 1. The van der Waals surface area contributed by atoms with Gasteiger partial charge in [0, 0.05) is 25.1 Å². The molecular weight excluding hydrogens is 550 g/mol. The average Bonchev–Trinajstić information content (AvgIpc) is 3.37. The second kappa shape index (κ2) is 13.6. The van der Waals surface area contributed by atoms with E-state index in [2.05, 4.69) is 88.5 Å². The molecule has 0 heterocycles. The number of hydrogen-bond donors (Lipinski definition) is 1. The number of fused-ring (bicyclic) bond motifs is 2. The lowest BCUT2D eigenvalue weighted by atomic mass is 9.68. The Hall–Kier alpha value is -1.99. The van der Waals surface area contributed by atoms with Gasteiger partial charge >= 0.3 is 5.97 Å². The smallest absolute Gasteiger partial charge is 0.314 e. The third-order valence-electron chi connectivity index (χ3n) is 11.2. The highest BCUT2D eigenvalue weighted by atomic mass is 28.4. The van der Waals surface area contributed by atoms with E-state index in [4.69, 9.17) is 13.9 Å². The van der Waals surface area contributed by atoms with E-state index in [0.717, 1.165) is 48.6 Å². The van der Waals surface area contributed by atoms with Gasteiger partial charge in [-0.15, -0.1) is 0 Å². The van der Waals surface area contributed by atoms with Gasteiger partial charge in [0.15, 0.2) is 8.32 Å². The molecule has 0 aromatic heterocycles. The zero-order chi connectivity index (χ0) is 31.5. The lowest BCUT2D eigenvalue weighted by Gasteiger charge is -2.45. The highest BCUT2D eigenvalue weighted by Gasteiger charge is 2.64. The van der Waals surface area contributed by atoms with Gasteiger partial charge < -0.3 is 19.2 Å². The summed E-state index contributed by atoms with van der Waals surface area (Å²) < 4.78 is 19.8. The summed E-state index contributed by atoms with van der Waals surface area (Å²) >= 11 is 0. The van der Waals surface area contributed by atoms with E-state index < -0.39 is 25.9 Å². The van der Waals surface area contributed by atoms with Crippen LogP contribution < -0.4 is 5.32 Å². The maximum absolute atomic E-state index is 14.6. The fourth-order valence-corrected chi connectivity index (χ4v) is 11.0. The average molecular weight is 608 g/mol. The first-order valence-electron chi connectivity index (χ1n) is 16.6. The number of methoxy groups -OCH3 is 1. The molecule has 2 bridgehead atoms. The predicted octanol–water partition coefficient (Wildman–Crippen LogP) is 8.88. The second-order valence-corrected chi connectivity index (χ2v) is 19.3. The van der Waals surface area contributed by atoms with Gasteiger partial charge in [0.1, 0.15) is 11.5 Å². The fourth-order valence-electron chi connectivity index (χ4n) is 8.22. The molecule has 4 rings (SSSR count). The molecule has 6 heteroatoms. The van der Waals surface area contributed by atoms with Gasteiger partial charge in [-0.3, -0.25) is 4.79 Å². The molecule has 2 fully saturated rings. The molecule has 0 radical (unpaired) electrons. The van der Waals surface area contributed by atoms with E-state index in [0.29, 0.717) is 5.92 Å². The largest absolute Gasteiger partial charge is 0.460 e. The number of hydrogen-bond acceptors (Lipinski definition) is 5. The molecule has 2 aliphatic carbocycles. The number of carbonyl (C=O) groups is 1. The maximum Gasteiger partial charge on any atom is 0.314 e. The molecule has 0 saturated heterocycles. The van der Waals surface area contributed by atoms with Gasteiger partial charge in [0.05, 0.1) is 12.2 Å². The second-order valence-electron chi connectivity index (χ2n) is 14.6. The van der Waals surface area contributed by atoms with Crippen molar-refractivity contribution in [3.63, 3.8) is 0 Å². The minimum Gasteiger partial charge on any atom is -0.460 e. The van der Waals surface area contributed by atoms with Crippen LogP contribution in [0.15, 0.2) is 60.7 Å². The molecule has 43 heavy (non-hydrogen) atoms. The Morgan fingerprint density at radius 2 is 1.51 bits per heavy atom. The highest BCUT2D eigenvalue weighted by molar-refractivity contribution is 6.73. The summed E-state index contributed by atoms with van der Waals surface area (Å²) in [5, 5.41) is 4.03. The molecule has 2 aliphatic rings. The van der Waals surface area contributed by atoms with Crippen LogP contribution in [0.3, 0.4) is 0 Å². The van der Waals surface area contributed by atoms with Crippen molar-refractivity contribution in [1.82, 2.24) is 5.32 Å². The molecule has 6 atom stereocenters. The monoisotopic (exact) mass is 607 g/mol. The molecule has 238 valence electrons. The standard InChI is InChI=1S/C37H57NO4Si/c1-10-43(11-2,12-3)42-33(28-21-17-14-18-22-28)31(34(39)41-35(4,5)6)32(27-19-15-13-16-20-27)38-26-37-24-23-29(36(37,7)8)25-30(37)40-9/h13-22,29-33,38H,10-12,23-26H2,1-9H3/t29-,30-,31+,32-,33+,37-/m1/s1. The Kier molecular flexibility index (Phi) is 10.7. The van der Waals surface area contributed by atoms with Gasteiger partial charge in [0.2, 0.25) is 0 Å². The summed E-state index contributed by atoms with van der Waals surface area (Å²) in [6.07, 6.45) is 3.22. The summed E-state index contributed by atoms with van der Waals surface area (Å²) in [6, 6.07) is 23.5. The van der Waals surface area contributed by atoms with Gasteiger partial charge in [-0.1, -0.05) is 95.3 Å². The van der Waals surface area contributed by atoms with E-state index in [-0.39, 0.29) is 28.9 Å². The quantitative estimate of drug-likeness (QED) is 0.172. The van der Waals surface area contributed by atoms with E-state index in [1.165, 1.54) is 6.42 Å². The van der Waals surface area contributed by atoms with E-state index in [9.17, 15) is 4.79 Å². The lowest BCUT2D eigenvalue weighted by Crippen LogP contribution is -2.51. The Morgan fingerprint density at radius 3 is 2.00 bits per heavy atom. The van der Waals surface area contributed by atoms with Crippen LogP contribution in [0.4, 0.5) is 0 Å². The molecule has 5 nitrogen and oxygen atoms in total. The zero-order valence-electron chi connectivity index (χ0n) is 28.2. The van der Waals surface area contributed by atoms with Crippen LogP contribution in [-0.2, 0) is 18.7 Å². The summed E-state index contributed by atoms with van der Waals surface area (Å²) in [6.45, 7) is 18.2. The Labute approximate surface area is 262 Å². The van der Waals surface area contributed by atoms with Crippen LogP contribution in [0.2, 0.25) is 18.1 Å². The number of ether oxygens (including phenoxy) is 2. The van der Waals surface area contributed by atoms with Crippen molar-refractivity contribution >= 4 is 14.3 Å². The summed E-state index contributed by atoms with van der Waals surface area (Å²) in [5.74, 6) is -0.147. The van der Waals surface area contributed by atoms with Gasteiger partial charge in [0.25, 0.3) is 0 Å². The highest BCUT2D eigenvalue weighted by Crippen LogP contribution is 2.66. The third kappa shape index (κ3) is 6.83. The zero-order valence-corrected chi connectivity index (χ0v) is 29.2. The first-order chi connectivity index (χ1) is 20.4. The molecule has 0 amide bonds. The van der Waals surface area contributed by atoms with Crippen molar-refractivity contribution in [2.45, 2.75) is 117 Å². The van der Waals surface area contributed by atoms with Crippen LogP contribution in [0, 0.1) is 22.7 Å². The van der Waals surface area contributed by atoms with Gasteiger partial charge in [-0.25, -0.2) is 0 Å². The normalized spacial score (nSPS) is 25.3. The topological polar surface area (TPSA) is 56.8 Å². The number of nitrogens with one attached hydrogen (secondary N) is 1. The Morgan fingerprint density at radius 1 is 0.953 bits per heavy atom. The molecule has 2 aromatic carbocycles. The Balaban J connectivity index is 1.86. The molecule has 1 N–H and O–H groups in total. The van der Waals surface area contributed by atoms with Crippen molar-refractivity contribution in [3.8, 4) is 0 Å². The van der Waals surface area contributed by atoms with Crippen molar-refractivity contribution in [2.75, 3.05) is 13.7 Å². The van der Waals surface area contributed by atoms with Crippen LogP contribution in [0.5, 0.6) is 0 Å². The van der Waals surface area contributed by atoms with Crippen molar-refractivity contribution < 1.29 is 18.7 Å².